The number of aliphatic hydroxyl groups is 1. The first-order chi connectivity index (χ1) is 12.2. The molecule has 124 valence electrons. The molecular weight excluding hydrogens is 317 g/mol. The summed E-state index contributed by atoms with van der Waals surface area (Å²) < 4.78 is 15.5. The molecule has 3 heterocycles. The molecule has 0 aliphatic heterocycles. The van der Waals surface area contributed by atoms with Crippen LogP contribution in [-0.2, 0) is 6.61 Å². The van der Waals surface area contributed by atoms with Crippen molar-refractivity contribution in [3.8, 4) is 22.4 Å². The zero-order chi connectivity index (χ0) is 17.4. The van der Waals surface area contributed by atoms with Gasteiger partial charge in [-0.1, -0.05) is 6.07 Å². The lowest BCUT2D eigenvalue weighted by Crippen LogP contribution is -1.95. The summed E-state index contributed by atoms with van der Waals surface area (Å²) in [7, 11) is 0. The third kappa shape index (κ3) is 2.68. The summed E-state index contributed by atoms with van der Waals surface area (Å²) in [6.45, 7) is 1.66. The molecule has 5 heteroatoms. The molecule has 0 aliphatic carbocycles. The van der Waals surface area contributed by atoms with Gasteiger partial charge in [0.05, 0.1) is 24.2 Å². The van der Waals surface area contributed by atoms with E-state index in [1.807, 2.05) is 34.9 Å². The lowest BCUT2D eigenvalue weighted by Gasteiger charge is -2.11. The smallest absolute Gasteiger partial charge is 0.136 e. The summed E-state index contributed by atoms with van der Waals surface area (Å²) in [6, 6.07) is 12.7. The maximum Gasteiger partial charge on any atom is 0.136 e. The van der Waals surface area contributed by atoms with Crippen molar-refractivity contribution in [3.63, 3.8) is 0 Å². The zero-order valence-corrected chi connectivity index (χ0v) is 13.6. The Balaban J connectivity index is 1.90. The first-order valence-corrected chi connectivity index (χ1v) is 7.96. The van der Waals surface area contributed by atoms with Crippen molar-refractivity contribution in [1.82, 2.24) is 14.4 Å². The fourth-order valence-electron chi connectivity index (χ4n) is 2.97. The van der Waals surface area contributed by atoms with Crippen molar-refractivity contribution < 1.29 is 9.50 Å². The van der Waals surface area contributed by atoms with Gasteiger partial charge in [-0.25, -0.2) is 9.37 Å². The molecule has 1 N–H and O–H groups in total. The Hall–Kier alpha value is -3.05. The fourth-order valence-corrected chi connectivity index (χ4v) is 2.97. The van der Waals surface area contributed by atoms with Crippen molar-refractivity contribution in [2.45, 2.75) is 13.5 Å². The number of aromatic nitrogens is 3. The van der Waals surface area contributed by atoms with E-state index < -0.39 is 0 Å². The van der Waals surface area contributed by atoms with Gasteiger partial charge in [-0.15, -0.1) is 0 Å². The number of benzene rings is 1. The minimum absolute atomic E-state index is 0.0817. The average molecular weight is 333 g/mol. The maximum atomic E-state index is 13.6. The van der Waals surface area contributed by atoms with Crippen LogP contribution in [0.15, 0.2) is 61.1 Å². The second-order valence-corrected chi connectivity index (χ2v) is 5.92. The number of imidazole rings is 1. The number of aliphatic hydroxyl groups excluding tert-OH is 1. The lowest BCUT2D eigenvalue weighted by atomic mass is 9.99. The molecular formula is C20H16FN3O. The van der Waals surface area contributed by atoms with Gasteiger partial charge < -0.3 is 9.51 Å². The summed E-state index contributed by atoms with van der Waals surface area (Å²) in [4.78, 5) is 8.78. The monoisotopic (exact) mass is 333 g/mol. The van der Waals surface area contributed by atoms with Crippen LogP contribution in [0.4, 0.5) is 4.39 Å². The van der Waals surface area contributed by atoms with E-state index in [0.29, 0.717) is 5.56 Å². The molecule has 1 aromatic carbocycles. The standard InChI is InChI=1S/C20H16FN3O/c1-13-9-14(4-6-18(13)21)20-17(3-2-8-22-20)15-5-7-19-23-10-16(12-25)24(19)11-15/h2-11,25H,12H2,1H3. The molecule has 4 aromatic rings. The topological polar surface area (TPSA) is 50.4 Å². The summed E-state index contributed by atoms with van der Waals surface area (Å²) in [5.41, 5.74) is 5.62. The van der Waals surface area contributed by atoms with Crippen LogP contribution in [0.3, 0.4) is 0 Å². The molecule has 0 unspecified atom stereocenters. The van der Waals surface area contributed by atoms with Crippen molar-refractivity contribution in [1.29, 1.82) is 0 Å². The molecule has 0 saturated carbocycles. The van der Waals surface area contributed by atoms with Crippen molar-refractivity contribution in [2.24, 2.45) is 0 Å². The Morgan fingerprint density at radius 2 is 1.92 bits per heavy atom. The number of rotatable bonds is 3. The lowest BCUT2D eigenvalue weighted by molar-refractivity contribution is 0.276. The van der Waals surface area contributed by atoms with Gasteiger partial charge in [0.15, 0.2) is 0 Å². The molecule has 0 atom stereocenters. The van der Waals surface area contributed by atoms with Crippen molar-refractivity contribution in [3.05, 3.63) is 78.1 Å². The SMILES string of the molecule is Cc1cc(-c2ncccc2-c2ccc3ncc(CO)n3c2)ccc1F. The van der Waals surface area contributed by atoms with E-state index in [0.717, 1.165) is 33.7 Å². The maximum absolute atomic E-state index is 13.6. The first kappa shape index (κ1) is 15.5. The summed E-state index contributed by atoms with van der Waals surface area (Å²) in [5.74, 6) is -0.228. The molecule has 4 rings (SSSR count). The predicted octanol–water partition coefficient (Wildman–Crippen LogP) is 4.00. The Bertz CT molecular complexity index is 1070. The third-order valence-corrected chi connectivity index (χ3v) is 4.29. The number of hydrogen-bond donors (Lipinski definition) is 1. The Morgan fingerprint density at radius 1 is 1.08 bits per heavy atom. The molecule has 25 heavy (non-hydrogen) atoms. The van der Waals surface area contributed by atoms with E-state index in [9.17, 15) is 9.50 Å². The van der Waals surface area contributed by atoms with Gasteiger partial charge in [0.25, 0.3) is 0 Å². The van der Waals surface area contributed by atoms with Crippen LogP contribution in [-0.4, -0.2) is 19.5 Å². The van der Waals surface area contributed by atoms with Gasteiger partial charge in [0.1, 0.15) is 11.5 Å². The normalized spacial score (nSPS) is 11.2. The van der Waals surface area contributed by atoms with Crippen LogP contribution in [0, 0.1) is 12.7 Å². The van der Waals surface area contributed by atoms with Crippen LogP contribution in [0.25, 0.3) is 28.0 Å². The predicted molar refractivity (Wildman–Crippen MR) is 94.5 cm³/mol. The van der Waals surface area contributed by atoms with Gasteiger partial charge in [-0.2, -0.15) is 0 Å². The molecule has 0 aliphatic rings. The van der Waals surface area contributed by atoms with Crippen molar-refractivity contribution in [2.75, 3.05) is 0 Å². The molecule has 0 bridgehead atoms. The largest absolute Gasteiger partial charge is 0.390 e. The van der Waals surface area contributed by atoms with Gasteiger partial charge >= 0.3 is 0 Å². The molecule has 0 amide bonds. The quantitative estimate of drug-likeness (QED) is 0.616. The van der Waals surface area contributed by atoms with E-state index in [2.05, 4.69) is 9.97 Å². The second-order valence-electron chi connectivity index (χ2n) is 5.92. The molecule has 0 fully saturated rings. The average Bonchev–Trinajstić information content (AvgIpc) is 3.06. The van der Waals surface area contributed by atoms with E-state index in [1.165, 1.54) is 6.07 Å². The van der Waals surface area contributed by atoms with Crippen LogP contribution >= 0.6 is 0 Å². The Morgan fingerprint density at radius 3 is 2.72 bits per heavy atom. The van der Waals surface area contributed by atoms with Crippen LogP contribution < -0.4 is 0 Å². The summed E-state index contributed by atoms with van der Waals surface area (Å²) in [6.07, 6.45) is 5.32. The highest BCUT2D eigenvalue weighted by Crippen LogP contribution is 2.31. The third-order valence-electron chi connectivity index (χ3n) is 4.29. The van der Waals surface area contributed by atoms with E-state index in [1.54, 1.807) is 31.5 Å². The highest BCUT2D eigenvalue weighted by molar-refractivity contribution is 5.81. The fraction of sp³-hybridized carbons (Fsp3) is 0.100. The van der Waals surface area contributed by atoms with E-state index in [4.69, 9.17) is 0 Å². The molecule has 3 aromatic heterocycles. The highest BCUT2D eigenvalue weighted by Gasteiger charge is 2.12. The van der Waals surface area contributed by atoms with Crippen LogP contribution in [0.5, 0.6) is 0 Å². The molecule has 0 spiro atoms. The number of hydrogen-bond acceptors (Lipinski definition) is 3. The number of pyridine rings is 2. The molecule has 4 nitrogen and oxygen atoms in total. The summed E-state index contributed by atoms with van der Waals surface area (Å²) in [5, 5.41) is 9.47. The first-order valence-electron chi connectivity index (χ1n) is 7.96. The minimum Gasteiger partial charge on any atom is -0.390 e. The number of aryl methyl sites for hydroxylation is 1. The van der Waals surface area contributed by atoms with E-state index >= 15 is 0 Å². The van der Waals surface area contributed by atoms with Crippen LogP contribution in [0.1, 0.15) is 11.3 Å². The number of nitrogens with zero attached hydrogens (tertiary/aromatic N) is 3. The van der Waals surface area contributed by atoms with Gasteiger partial charge in [0, 0.05) is 29.1 Å². The Kier molecular flexibility index (Phi) is 3.78. The zero-order valence-electron chi connectivity index (χ0n) is 13.6. The number of halogens is 1. The Labute approximate surface area is 144 Å². The van der Waals surface area contributed by atoms with Gasteiger partial charge in [0.2, 0.25) is 0 Å². The highest BCUT2D eigenvalue weighted by atomic mass is 19.1. The summed E-state index contributed by atoms with van der Waals surface area (Å²) >= 11 is 0. The molecule has 0 radical (unpaired) electrons. The van der Waals surface area contributed by atoms with Crippen LogP contribution in [0.2, 0.25) is 0 Å². The minimum atomic E-state index is -0.228. The van der Waals surface area contributed by atoms with Gasteiger partial charge in [-0.3, -0.25) is 4.98 Å². The van der Waals surface area contributed by atoms with E-state index in [-0.39, 0.29) is 12.4 Å². The molecule has 0 saturated heterocycles. The van der Waals surface area contributed by atoms with Gasteiger partial charge in [-0.05, 0) is 48.9 Å². The van der Waals surface area contributed by atoms with Crippen molar-refractivity contribution >= 4 is 5.65 Å². The number of fused-ring (bicyclic) bond motifs is 1. The second kappa shape index (κ2) is 6.11.